The Morgan fingerprint density at radius 2 is 2.07 bits per heavy atom. The lowest BCUT2D eigenvalue weighted by Gasteiger charge is -1.97. The van der Waals surface area contributed by atoms with Crippen LogP contribution in [0.3, 0.4) is 0 Å². The third-order valence-electron chi connectivity index (χ3n) is 1.83. The second-order valence-electron chi connectivity index (χ2n) is 2.82. The van der Waals surface area contributed by atoms with E-state index in [1.165, 1.54) is 29.5 Å². The van der Waals surface area contributed by atoms with Crippen LogP contribution < -0.4 is 0 Å². The smallest absolute Gasteiger partial charge is 0.203 e. The second kappa shape index (κ2) is 3.72. The number of carbonyl (C=O) groups is 1. The SMILES string of the molecule is O=C(c1cccc(F)c1)c1cccs1. The maximum Gasteiger partial charge on any atom is 0.203 e. The van der Waals surface area contributed by atoms with Crippen LogP contribution in [-0.4, -0.2) is 5.78 Å². The van der Waals surface area contributed by atoms with Gasteiger partial charge in [0.15, 0.2) is 0 Å². The summed E-state index contributed by atoms with van der Waals surface area (Å²) in [6.45, 7) is 0. The van der Waals surface area contributed by atoms with Crippen LogP contribution in [0.25, 0.3) is 0 Å². The Bertz CT molecular complexity index is 448. The Hall–Kier alpha value is -1.48. The van der Waals surface area contributed by atoms with Gasteiger partial charge in [-0.15, -0.1) is 11.3 Å². The van der Waals surface area contributed by atoms with Crippen molar-refractivity contribution in [1.82, 2.24) is 0 Å². The fourth-order valence-corrected chi connectivity index (χ4v) is 1.87. The lowest BCUT2D eigenvalue weighted by atomic mass is 10.1. The molecule has 70 valence electrons. The van der Waals surface area contributed by atoms with Crippen LogP contribution >= 0.6 is 11.3 Å². The number of halogens is 1. The zero-order valence-electron chi connectivity index (χ0n) is 7.24. The Kier molecular flexibility index (Phi) is 2.41. The van der Waals surface area contributed by atoms with E-state index in [0.717, 1.165) is 0 Å². The van der Waals surface area contributed by atoms with Gasteiger partial charge in [0.2, 0.25) is 5.78 Å². The van der Waals surface area contributed by atoms with E-state index in [2.05, 4.69) is 0 Å². The molecule has 2 aromatic rings. The van der Waals surface area contributed by atoms with Crippen molar-refractivity contribution in [2.75, 3.05) is 0 Å². The molecule has 0 saturated heterocycles. The molecule has 1 nitrogen and oxygen atoms in total. The van der Waals surface area contributed by atoms with Crippen LogP contribution in [0.1, 0.15) is 15.2 Å². The topological polar surface area (TPSA) is 17.1 Å². The van der Waals surface area contributed by atoms with Gasteiger partial charge in [-0.2, -0.15) is 0 Å². The maximum atomic E-state index is 12.8. The second-order valence-corrected chi connectivity index (χ2v) is 3.76. The first-order valence-corrected chi connectivity index (χ1v) is 4.99. The van der Waals surface area contributed by atoms with Gasteiger partial charge in [-0.05, 0) is 23.6 Å². The monoisotopic (exact) mass is 206 g/mol. The molecule has 0 radical (unpaired) electrons. The molecule has 0 amide bonds. The first kappa shape index (κ1) is 9.09. The maximum absolute atomic E-state index is 12.8. The molecule has 0 aliphatic heterocycles. The average Bonchev–Trinajstić information content (AvgIpc) is 2.69. The summed E-state index contributed by atoms with van der Waals surface area (Å²) in [6, 6.07) is 9.27. The van der Waals surface area contributed by atoms with Gasteiger partial charge in [0.05, 0.1) is 4.88 Å². The van der Waals surface area contributed by atoms with Crippen molar-refractivity contribution in [3.63, 3.8) is 0 Å². The predicted molar refractivity (Wildman–Crippen MR) is 54.2 cm³/mol. The summed E-state index contributed by atoms with van der Waals surface area (Å²) in [5.41, 5.74) is 0.396. The zero-order chi connectivity index (χ0) is 9.97. The highest BCUT2D eigenvalue weighted by atomic mass is 32.1. The molecule has 1 aromatic heterocycles. The van der Waals surface area contributed by atoms with Crippen LogP contribution in [0.5, 0.6) is 0 Å². The van der Waals surface area contributed by atoms with E-state index in [4.69, 9.17) is 0 Å². The molecule has 0 unspecified atom stereocenters. The molecule has 0 bridgehead atoms. The minimum atomic E-state index is -0.382. The molecule has 0 aliphatic rings. The molecule has 0 spiro atoms. The molecule has 0 aliphatic carbocycles. The number of rotatable bonds is 2. The lowest BCUT2D eigenvalue weighted by molar-refractivity contribution is 0.104. The van der Waals surface area contributed by atoms with Crippen molar-refractivity contribution in [3.8, 4) is 0 Å². The predicted octanol–water partition coefficient (Wildman–Crippen LogP) is 3.12. The molecule has 1 heterocycles. The summed E-state index contributed by atoms with van der Waals surface area (Å²) in [5, 5.41) is 1.83. The van der Waals surface area contributed by atoms with Crippen molar-refractivity contribution in [2.24, 2.45) is 0 Å². The molecule has 14 heavy (non-hydrogen) atoms. The van der Waals surface area contributed by atoms with Gasteiger partial charge in [0, 0.05) is 5.56 Å². The average molecular weight is 206 g/mol. The number of ketones is 1. The van der Waals surface area contributed by atoms with Crippen LogP contribution in [0.15, 0.2) is 41.8 Å². The van der Waals surface area contributed by atoms with Crippen molar-refractivity contribution < 1.29 is 9.18 Å². The Balaban J connectivity index is 2.37. The molecule has 1 aromatic carbocycles. The first-order valence-electron chi connectivity index (χ1n) is 4.11. The third-order valence-corrected chi connectivity index (χ3v) is 2.70. The van der Waals surface area contributed by atoms with Gasteiger partial charge < -0.3 is 0 Å². The zero-order valence-corrected chi connectivity index (χ0v) is 8.05. The highest BCUT2D eigenvalue weighted by Gasteiger charge is 2.09. The number of hydrogen-bond acceptors (Lipinski definition) is 2. The molecule has 0 fully saturated rings. The molecule has 0 N–H and O–H groups in total. The Labute approximate surface area is 84.8 Å². The van der Waals surface area contributed by atoms with E-state index < -0.39 is 0 Å². The largest absolute Gasteiger partial charge is 0.288 e. The minimum absolute atomic E-state index is 0.125. The number of thiophene rings is 1. The summed E-state index contributed by atoms with van der Waals surface area (Å²) in [7, 11) is 0. The highest BCUT2D eigenvalue weighted by Crippen LogP contribution is 2.15. The number of hydrogen-bond donors (Lipinski definition) is 0. The van der Waals surface area contributed by atoms with Crippen molar-refractivity contribution in [3.05, 3.63) is 58.0 Å². The van der Waals surface area contributed by atoms with Crippen molar-refractivity contribution >= 4 is 17.1 Å². The third kappa shape index (κ3) is 1.72. The summed E-state index contributed by atoms with van der Waals surface area (Å²) < 4.78 is 12.8. The van der Waals surface area contributed by atoms with Gasteiger partial charge >= 0.3 is 0 Å². The van der Waals surface area contributed by atoms with E-state index in [0.29, 0.717) is 10.4 Å². The fraction of sp³-hybridized carbons (Fsp3) is 0. The van der Waals surface area contributed by atoms with Crippen molar-refractivity contribution in [1.29, 1.82) is 0 Å². The van der Waals surface area contributed by atoms with E-state index >= 15 is 0 Å². The molecule has 0 saturated carbocycles. The summed E-state index contributed by atoms with van der Waals surface area (Å²) in [5.74, 6) is -0.507. The van der Waals surface area contributed by atoms with Gasteiger partial charge in [-0.25, -0.2) is 4.39 Å². The number of carbonyl (C=O) groups excluding carboxylic acids is 1. The first-order chi connectivity index (χ1) is 6.77. The van der Waals surface area contributed by atoms with Crippen LogP contribution in [0, 0.1) is 5.82 Å². The van der Waals surface area contributed by atoms with E-state index in [1.807, 2.05) is 5.38 Å². The molecule has 2 rings (SSSR count). The summed E-state index contributed by atoms with van der Waals surface area (Å²) in [4.78, 5) is 12.3. The fourth-order valence-electron chi connectivity index (χ4n) is 1.18. The normalized spacial score (nSPS) is 10.1. The standard InChI is InChI=1S/C11H7FOS/c12-9-4-1-3-8(7-9)11(13)10-5-2-6-14-10/h1-7H. The van der Waals surface area contributed by atoms with Crippen molar-refractivity contribution in [2.45, 2.75) is 0 Å². The highest BCUT2D eigenvalue weighted by molar-refractivity contribution is 7.12. The molecular formula is C11H7FOS. The van der Waals surface area contributed by atoms with E-state index in [-0.39, 0.29) is 11.6 Å². The summed E-state index contributed by atoms with van der Waals surface area (Å²) in [6.07, 6.45) is 0. The van der Waals surface area contributed by atoms with Crippen LogP contribution in [0.4, 0.5) is 4.39 Å². The summed E-state index contributed by atoms with van der Waals surface area (Å²) >= 11 is 1.36. The minimum Gasteiger partial charge on any atom is -0.288 e. The van der Waals surface area contributed by atoms with Gasteiger partial charge in [-0.1, -0.05) is 18.2 Å². The van der Waals surface area contributed by atoms with Gasteiger partial charge in [0.25, 0.3) is 0 Å². The number of benzene rings is 1. The van der Waals surface area contributed by atoms with E-state index in [9.17, 15) is 9.18 Å². The van der Waals surface area contributed by atoms with Gasteiger partial charge in [-0.3, -0.25) is 4.79 Å². The molecule has 0 atom stereocenters. The molecular weight excluding hydrogens is 199 g/mol. The Morgan fingerprint density at radius 1 is 1.21 bits per heavy atom. The van der Waals surface area contributed by atoms with Gasteiger partial charge in [0.1, 0.15) is 5.82 Å². The van der Waals surface area contributed by atoms with E-state index in [1.54, 1.807) is 18.2 Å². The Morgan fingerprint density at radius 3 is 2.71 bits per heavy atom. The lowest BCUT2D eigenvalue weighted by Crippen LogP contribution is -1.98. The quantitative estimate of drug-likeness (QED) is 0.690. The van der Waals surface area contributed by atoms with Crippen LogP contribution in [-0.2, 0) is 0 Å². The molecule has 3 heteroatoms. The van der Waals surface area contributed by atoms with Crippen LogP contribution in [0.2, 0.25) is 0 Å².